The van der Waals surface area contributed by atoms with Gasteiger partial charge in [0, 0.05) is 44.6 Å². The smallest absolute Gasteiger partial charge is 0.416 e. The molecule has 0 aliphatic carbocycles. The molecular formula is C28H25F6N7O2S. The minimum atomic E-state index is -5.02. The summed E-state index contributed by atoms with van der Waals surface area (Å²) in [6, 6.07) is 13.7. The van der Waals surface area contributed by atoms with E-state index in [1.807, 2.05) is 47.4 Å². The van der Waals surface area contributed by atoms with E-state index in [-0.39, 0.29) is 38.9 Å². The first-order valence-corrected chi connectivity index (χ1v) is 14.0. The third kappa shape index (κ3) is 7.86. The van der Waals surface area contributed by atoms with Gasteiger partial charge in [-0.05, 0) is 41.5 Å². The molecule has 1 saturated heterocycles. The summed E-state index contributed by atoms with van der Waals surface area (Å²) in [7, 11) is 0. The molecule has 9 nitrogen and oxygen atoms in total. The van der Waals surface area contributed by atoms with Gasteiger partial charge in [0.15, 0.2) is 0 Å². The molecule has 0 unspecified atom stereocenters. The van der Waals surface area contributed by atoms with E-state index in [0.717, 1.165) is 22.9 Å². The molecule has 1 aliphatic rings. The van der Waals surface area contributed by atoms with Gasteiger partial charge in [0.2, 0.25) is 5.82 Å². The monoisotopic (exact) mass is 637 g/mol. The van der Waals surface area contributed by atoms with Crippen molar-refractivity contribution >= 4 is 35.1 Å². The minimum Gasteiger partial charge on any atom is -0.470 e. The molecule has 0 atom stereocenters. The van der Waals surface area contributed by atoms with Gasteiger partial charge in [-0.1, -0.05) is 30.3 Å². The molecule has 0 spiro atoms. The van der Waals surface area contributed by atoms with Gasteiger partial charge in [0.05, 0.1) is 22.9 Å². The molecule has 44 heavy (non-hydrogen) atoms. The number of ether oxygens (including phenoxy) is 1. The molecule has 0 bridgehead atoms. The summed E-state index contributed by atoms with van der Waals surface area (Å²) in [5, 5.41) is 5.43. The van der Waals surface area contributed by atoms with Gasteiger partial charge >= 0.3 is 18.4 Å². The van der Waals surface area contributed by atoms with Gasteiger partial charge in [0.25, 0.3) is 5.88 Å². The molecule has 2 aromatic heterocycles. The number of carbonyl (C=O) groups excluding carboxylic acids is 1. The highest BCUT2D eigenvalue weighted by Crippen LogP contribution is 2.37. The summed E-state index contributed by atoms with van der Waals surface area (Å²) in [5.74, 6) is 1.45. The summed E-state index contributed by atoms with van der Waals surface area (Å²) in [5.41, 5.74) is -1.67. The largest absolute Gasteiger partial charge is 0.470 e. The lowest BCUT2D eigenvalue weighted by molar-refractivity contribution is -0.143. The van der Waals surface area contributed by atoms with Crippen molar-refractivity contribution < 1.29 is 35.9 Å². The summed E-state index contributed by atoms with van der Waals surface area (Å²) >= 11 is 0.951. The van der Waals surface area contributed by atoms with E-state index in [0.29, 0.717) is 36.2 Å². The number of carbonyl (C=O) groups is 1. The zero-order valence-corrected chi connectivity index (χ0v) is 23.6. The van der Waals surface area contributed by atoms with Gasteiger partial charge in [0.1, 0.15) is 12.4 Å². The van der Waals surface area contributed by atoms with E-state index in [2.05, 4.69) is 24.4 Å². The van der Waals surface area contributed by atoms with Crippen molar-refractivity contribution in [3.05, 3.63) is 89.1 Å². The van der Waals surface area contributed by atoms with Crippen molar-refractivity contribution in [3.8, 4) is 5.88 Å². The molecule has 1 aliphatic heterocycles. The predicted molar refractivity (Wildman–Crippen MR) is 151 cm³/mol. The van der Waals surface area contributed by atoms with E-state index in [1.54, 1.807) is 6.20 Å². The Labute approximate surface area is 251 Å². The van der Waals surface area contributed by atoms with Crippen LogP contribution in [-0.2, 0) is 25.5 Å². The number of anilines is 3. The first-order valence-electron chi connectivity index (χ1n) is 13.2. The number of nitrogens with zero attached hydrogens (tertiary/aromatic N) is 5. The maximum atomic E-state index is 13.2. The Balaban J connectivity index is 1.16. The lowest BCUT2D eigenvalue weighted by Crippen LogP contribution is -2.50. The number of aromatic nitrogens is 3. The number of rotatable bonds is 8. The second kappa shape index (κ2) is 13.0. The third-order valence-electron chi connectivity index (χ3n) is 6.66. The fourth-order valence-electron chi connectivity index (χ4n) is 4.41. The molecular weight excluding hydrogens is 612 g/mol. The van der Waals surface area contributed by atoms with Gasteiger partial charge in [-0.2, -0.15) is 30.7 Å². The topological polar surface area (TPSA) is 95.5 Å². The van der Waals surface area contributed by atoms with Gasteiger partial charge < -0.3 is 25.2 Å². The summed E-state index contributed by atoms with van der Waals surface area (Å²) in [6.07, 6.45) is -8.38. The minimum absolute atomic E-state index is 0.00645. The van der Waals surface area contributed by atoms with Crippen LogP contribution in [0.3, 0.4) is 0 Å². The van der Waals surface area contributed by atoms with E-state index in [1.165, 1.54) is 4.90 Å². The maximum absolute atomic E-state index is 13.2. The number of hydrogen-bond acceptors (Lipinski definition) is 8. The number of alkyl halides is 6. The fraction of sp³-hybridized carbons (Fsp3) is 0.286. The SMILES string of the molecule is O=C(Nc1cc(C(F)(F)F)cc(C(F)(F)F)c1)N1CCN(c2nsnc2OCc2ccnc(NCc3ccccc3)c2)CC1. The lowest BCUT2D eigenvalue weighted by atomic mass is 10.1. The Bertz CT molecular complexity index is 1540. The van der Waals surface area contributed by atoms with Gasteiger partial charge in [-0.25, -0.2) is 9.78 Å². The van der Waals surface area contributed by atoms with Crippen LogP contribution < -0.4 is 20.3 Å². The number of hydrogen-bond donors (Lipinski definition) is 2. The van der Waals surface area contributed by atoms with Gasteiger partial charge in [-0.3, -0.25) is 0 Å². The number of nitrogens with one attached hydrogen (secondary N) is 2. The van der Waals surface area contributed by atoms with Crippen molar-refractivity contribution in [1.82, 2.24) is 18.6 Å². The zero-order valence-electron chi connectivity index (χ0n) is 22.8. The second-order valence-electron chi connectivity index (χ2n) is 9.77. The number of urea groups is 1. The van der Waals surface area contributed by atoms with Crippen LogP contribution in [0.25, 0.3) is 0 Å². The predicted octanol–water partition coefficient (Wildman–Crippen LogP) is 6.52. The van der Waals surface area contributed by atoms with Crippen LogP contribution in [0.4, 0.5) is 48.5 Å². The quantitative estimate of drug-likeness (QED) is 0.213. The number of halogens is 6. The molecule has 5 rings (SSSR count). The van der Waals surface area contributed by atoms with Crippen molar-refractivity contribution in [2.24, 2.45) is 0 Å². The number of amides is 2. The maximum Gasteiger partial charge on any atom is 0.416 e. The Morgan fingerprint density at radius 1 is 0.864 bits per heavy atom. The second-order valence-corrected chi connectivity index (χ2v) is 10.3. The van der Waals surface area contributed by atoms with Crippen LogP contribution >= 0.6 is 11.7 Å². The highest BCUT2D eigenvalue weighted by atomic mass is 32.1. The van der Waals surface area contributed by atoms with Crippen LogP contribution in [0.5, 0.6) is 5.88 Å². The standard InChI is InChI=1S/C28H25F6N7O2S/c29-27(30,31)20-13-21(28(32,33)34)15-22(14-20)37-26(42)41-10-8-40(9-11-41)24-25(39-44-38-24)43-17-19-6-7-35-23(12-19)36-16-18-4-2-1-3-5-18/h1-7,12-15H,8-11,16-17H2,(H,35,36)(H,37,42). The lowest BCUT2D eigenvalue weighted by Gasteiger charge is -2.34. The highest BCUT2D eigenvalue weighted by molar-refractivity contribution is 6.99. The number of pyridine rings is 1. The first-order chi connectivity index (χ1) is 21.0. The van der Waals surface area contributed by atoms with Gasteiger partial charge in [-0.15, -0.1) is 4.37 Å². The van der Waals surface area contributed by atoms with Crippen LogP contribution in [0.15, 0.2) is 66.9 Å². The van der Waals surface area contributed by atoms with E-state index >= 15 is 0 Å². The molecule has 3 heterocycles. The van der Waals surface area contributed by atoms with Crippen molar-refractivity contribution in [3.63, 3.8) is 0 Å². The van der Waals surface area contributed by atoms with E-state index < -0.39 is 35.2 Å². The van der Waals surface area contributed by atoms with Crippen LogP contribution in [0.2, 0.25) is 0 Å². The molecule has 232 valence electrons. The third-order valence-corrected chi connectivity index (χ3v) is 7.17. The molecule has 0 radical (unpaired) electrons. The first kappa shape index (κ1) is 30.8. The zero-order chi connectivity index (χ0) is 31.3. The van der Waals surface area contributed by atoms with Crippen LogP contribution in [-0.4, -0.2) is 50.8 Å². The molecule has 2 N–H and O–H groups in total. The van der Waals surface area contributed by atoms with Crippen molar-refractivity contribution in [1.29, 1.82) is 0 Å². The average Bonchev–Trinajstić information content (AvgIpc) is 3.47. The van der Waals surface area contributed by atoms with E-state index in [9.17, 15) is 31.1 Å². The van der Waals surface area contributed by atoms with E-state index in [4.69, 9.17) is 4.74 Å². The fourth-order valence-corrected chi connectivity index (χ4v) is 4.93. The summed E-state index contributed by atoms with van der Waals surface area (Å²) < 4.78 is 93.5. The molecule has 2 aromatic carbocycles. The summed E-state index contributed by atoms with van der Waals surface area (Å²) in [6.45, 7) is 1.64. The Morgan fingerprint density at radius 3 is 2.20 bits per heavy atom. The Morgan fingerprint density at radius 2 is 1.55 bits per heavy atom. The van der Waals surface area contributed by atoms with Crippen molar-refractivity contribution in [2.75, 3.05) is 41.7 Å². The summed E-state index contributed by atoms with van der Waals surface area (Å²) in [4.78, 5) is 20.2. The average molecular weight is 638 g/mol. The number of piperazine rings is 1. The van der Waals surface area contributed by atoms with Crippen LogP contribution in [0, 0.1) is 0 Å². The molecule has 2 amide bonds. The Kier molecular flexibility index (Phi) is 9.08. The highest BCUT2D eigenvalue weighted by Gasteiger charge is 2.37. The molecule has 4 aromatic rings. The van der Waals surface area contributed by atoms with Crippen LogP contribution in [0.1, 0.15) is 22.3 Å². The normalized spacial score (nSPS) is 14.0. The Hall–Kier alpha value is -4.60. The molecule has 16 heteroatoms. The molecule has 1 fully saturated rings. The van der Waals surface area contributed by atoms with Crippen molar-refractivity contribution in [2.45, 2.75) is 25.5 Å². The number of benzene rings is 2. The molecule has 0 saturated carbocycles.